The molecule has 0 saturated carbocycles. The predicted octanol–water partition coefficient (Wildman–Crippen LogP) is 1.76. The molecule has 1 aliphatic heterocycles. The second kappa shape index (κ2) is 7.59. The molecule has 5 nitrogen and oxygen atoms in total. The highest BCUT2D eigenvalue weighted by molar-refractivity contribution is 5.83. The van der Waals surface area contributed by atoms with Crippen LogP contribution in [0, 0.1) is 12.8 Å². The molecule has 126 valence electrons. The molecule has 23 heavy (non-hydrogen) atoms. The van der Waals surface area contributed by atoms with Crippen molar-refractivity contribution in [2.45, 2.75) is 45.7 Å². The molecule has 5 heteroatoms. The number of carbonyl (C=O) groups excluding carboxylic acids is 2. The fourth-order valence-electron chi connectivity index (χ4n) is 2.73. The van der Waals surface area contributed by atoms with Gasteiger partial charge in [-0.05, 0) is 25.3 Å². The van der Waals surface area contributed by atoms with Crippen LogP contribution in [0.4, 0.5) is 0 Å². The third-order valence-corrected chi connectivity index (χ3v) is 4.38. The number of rotatable bonds is 4. The molecule has 0 bridgehead atoms. The van der Waals surface area contributed by atoms with E-state index in [0.717, 1.165) is 24.0 Å². The lowest BCUT2D eigenvalue weighted by molar-refractivity contribution is -0.134. The Balaban J connectivity index is 1.88. The van der Waals surface area contributed by atoms with Gasteiger partial charge in [0.1, 0.15) is 6.04 Å². The van der Waals surface area contributed by atoms with Crippen molar-refractivity contribution in [1.82, 2.24) is 10.2 Å². The molecule has 1 unspecified atom stereocenters. The number of benzene rings is 1. The summed E-state index contributed by atoms with van der Waals surface area (Å²) in [6.45, 7) is 7.05. The van der Waals surface area contributed by atoms with Gasteiger partial charge in [-0.3, -0.25) is 9.59 Å². The minimum atomic E-state index is -0.614. The van der Waals surface area contributed by atoms with E-state index < -0.39 is 6.04 Å². The molecule has 1 fully saturated rings. The molecule has 0 radical (unpaired) electrons. The Morgan fingerprint density at radius 3 is 2.26 bits per heavy atom. The monoisotopic (exact) mass is 317 g/mol. The standard InChI is InChI=1S/C18H27N3O2/c1-12(2)17(22)20-15-8-10-21(11-9-15)18(23)16(19)14-6-4-13(3)5-7-14/h4-7,12,15-16H,8-11,19H2,1-3H3,(H,20,22). The number of likely N-dealkylation sites (tertiary alicyclic amines) is 1. The summed E-state index contributed by atoms with van der Waals surface area (Å²) in [5.41, 5.74) is 8.11. The Labute approximate surface area is 138 Å². The number of nitrogens with two attached hydrogens (primary N) is 1. The van der Waals surface area contributed by atoms with E-state index in [1.807, 2.05) is 49.9 Å². The number of carbonyl (C=O) groups is 2. The number of nitrogens with one attached hydrogen (secondary N) is 1. The van der Waals surface area contributed by atoms with Gasteiger partial charge in [0.2, 0.25) is 11.8 Å². The molecular weight excluding hydrogens is 290 g/mol. The maximum Gasteiger partial charge on any atom is 0.244 e. The van der Waals surface area contributed by atoms with E-state index in [1.54, 1.807) is 0 Å². The first-order valence-corrected chi connectivity index (χ1v) is 8.29. The first kappa shape index (κ1) is 17.5. The number of aryl methyl sites for hydroxylation is 1. The number of hydrogen-bond acceptors (Lipinski definition) is 3. The van der Waals surface area contributed by atoms with Gasteiger partial charge in [-0.15, -0.1) is 0 Å². The highest BCUT2D eigenvalue weighted by Crippen LogP contribution is 2.18. The van der Waals surface area contributed by atoms with Crippen molar-refractivity contribution in [2.75, 3.05) is 13.1 Å². The summed E-state index contributed by atoms with van der Waals surface area (Å²) in [6.07, 6.45) is 1.57. The third kappa shape index (κ3) is 4.55. The maximum atomic E-state index is 12.5. The van der Waals surface area contributed by atoms with E-state index in [0.29, 0.717) is 13.1 Å². The van der Waals surface area contributed by atoms with Gasteiger partial charge in [-0.2, -0.15) is 0 Å². The second-order valence-electron chi connectivity index (χ2n) is 6.65. The van der Waals surface area contributed by atoms with Gasteiger partial charge < -0.3 is 16.0 Å². The molecule has 0 spiro atoms. The third-order valence-electron chi connectivity index (χ3n) is 4.38. The lowest BCUT2D eigenvalue weighted by Gasteiger charge is -2.34. The van der Waals surface area contributed by atoms with Gasteiger partial charge >= 0.3 is 0 Å². The summed E-state index contributed by atoms with van der Waals surface area (Å²) in [5, 5.41) is 3.04. The van der Waals surface area contributed by atoms with Crippen molar-refractivity contribution in [3.63, 3.8) is 0 Å². The van der Waals surface area contributed by atoms with Gasteiger partial charge in [-0.25, -0.2) is 0 Å². The van der Waals surface area contributed by atoms with Crippen LogP contribution in [0.1, 0.15) is 43.9 Å². The summed E-state index contributed by atoms with van der Waals surface area (Å²) >= 11 is 0. The molecule has 1 aromatic carbocycles. The Bertz CT molecular complexity index is 546. The topological polar surface area (TPSA) is 75.4 Å². The highest BCUT2D eigenvalue weighted by atomic mass is 16.2. The van der Waals surface area contributed by atoms with Gasteiger partial charge in [0, 0.05) is 25.0 Å². The molecule has 1 aliphatic rings. The van der Waals surface area contributed by atoms with E-state index >= 15 is 0 Å². The summed E-state index contributed by atoms with van der Waals surface area (Å²) in [4.78, 5) is 26.1. The minimum absolute atomic E-state index is 0.00961. The van der Waals surface area contributed by atoms with Crippen LogP contribution >= 0.6 is 0 Å². The molecular formula is C18H27N3O2. The summed E-state index contributed by atoms with van der Waals surface area (Å²) in [5.74, 6) is 0.0262. The van der Waals surface area contributed by atoms with Crippen LogP contribution in [0.25, 0.3) is 0 Å². The van der Waals surface area contributed by atoms with Crippen LogP contribution in [0.5, 0.6) is 0 Å². The average Bonchev–Trinajstić information content (AvgIpc) is 2.55. The number of piperidine rings is 1. The van der Waals surface area contributed by atoms with Crippen LogP contribution in [0.15, 0.2) is 24.3 Å². The quantitative estimate of drug-likeness (QED) is 0.888. The first-order valence-electron chi connectivity index (χ1n) is 8.29. The van der Waals surface area contributed by atoms with Crippen LogP contribution in [0.3, 0.4) is 0 Å². The smallest absolute Gasteiger partial charge is 0.244 e. The summed E-state index contributed by atoms with van der Waals surface area (Å²) in [7, 11) is 0. The SMILES string of the molecule is Cc1ccc(C(N)C(=O)N2CCC(NC(=O)C(C)C)CC2)cc1. The molecule has 1 aromatic rings. The van der Waals surface area contributed by atoms with Gasteiger partial charge in [-0.1, -0.05) is 43.7 Å². The summed E-state index contributed by atoms with van der Waals surface area (Å²) < 4.78 is 0. The Morgan fingerprint density at radius 1 is 1.17 bits per heavy atom. The van der Waals surface area contributed by atoms with Crippen LogP contribution in [0.2, 0.25) is 0 Å². The van der Waals surface area contributed by atoms with E-state index in [2.05, 4.69) is 5.32 Å². The fourth-order valence-corrected chi connectivity index (χ4v) is 2.73. The fraction of sp³-hybridized carbons (Fsp3) is 0.556. The van der Waals surface area contributed by atoms with Crippen molar-refractivity contribution in [3.8, 4) is 0 Å². The zero-order valence-electron chi connectivity index (χ0n) is 14.2. The highest BCUT2D eigenvalue weighted by Gasteiger charge is 2.27. The number of hydrogen-bond donors (Lipinski definition) is 2. The van der Waals surface area contributed by atoms with Crippen LogP contribution in [-0.2, 0) is 9.59 Å². The van der Waals surface area contributed by atoms with E-state index in [1.165, 1.54) is 0 Å². The molecule has 0 aromatic heterocycles. The van der Waals surface area contributed by atoms with E-state index in [-0.39, 0.29) is 23.8 Å². The zero-order valence-corrected chi connectivity index (χ0v) is 14.2. The zero-order chi connectivity index (χ0) is 17.0. The Hall–Kier alpha value is -1.88. The van der Waals surface area contributed by atoms with E-state index in [9.17, 15) is 9.59 Å². The molecule has 1 saturated heterocycles. The molecule has 2 rings (SSSR count). The van der Waals surface area contributed by atoms with Crippen LogP contribution < -0.4 is 11.1 Å². The summed E-state index contributed by atoms with van der Waals surface area (Å²) in [6, 6.07) is 7.30. The maximum absolute atomic E-state index is 12.5. The number of amides is 2. The van der Waals surface area contributed by atoms with Gasteiger partial charge in [0.25, 0.3) is 0 Å². The van der Waals surface area contributed by atoms with Crippen molar-refractivity contribution in [1.29, 1.82) is 0 Å². The Morgan fingerprint density at radius 2 is 1.74 bits per heavy atom. The Kier molecular flexibility index (Phi) is 5.77. The normalized spacial score (nSPS) is 17.2. The molecule has 1 atom stereocenters. The van der Waals surface area contributed by atoms with Crippen LogP contribution in [-0.4, -0.2) is 35.8 Å². The minimum Gasteiger partial charge on any atom is -0.353 e. The van der Waals surface area contributed by atoms with Crippen molar-refractivity contribution >= 4 is 11.8 Å². The largest absolute Gasteiger partial charge is 0.353 e. The van der Waals surface area contributed by atoms with Crippen molar-refractivity contribution in [2.24, 2.45) is 11.7 Å². The number of nitrogens with zero attached hydrogens (tertiary/aromatic N) is 1. The van der Waals surface area contributed by atoms with Gasteiger partial charge in [0.15, 0.2) is 0 Å². The van der Waals surface area contributed by atoms with Gasteiger partial charge in [0.05, 0.1) is 0 Å². The molecule has 1 heterocycles. The lowest BCUT2D eigenvalue weighted by Crippen LogP contribution is -2.49. The van der Waals surface area contributed by atoms with Crippen molar-refractivity contribution in [3.05, 3.63) is 35.4 Å². The molecule has 0 aliphatic carbocycles. The molecule has 2 amide bonds. The average molecular weight is 317 g/mol. The van der Waals surface area contributed by atoms with Crippen molar-refractivity contribution < 1.29 is 9.59 Å². The molecule has 3 N–H and O–H groups in total. The second-order valence-corrected chi connectivity index (χ2v) is 6.65. The predicted molar refractivity (Wildman–Crippen MR) is 90.7 cm³/mol. The lowest BCUT2D eigenvalue weighted by atomic mass is 10.0. The first-order chi connectivity index (χ1) is 10.9. The van der Waals surface area contributed by atoms with E-state index in [4.69, 9.17) is 5.73 Å².